The lowest BCUT2D eigenvalue weighted by Crippen LogP contribution is -2.01. The van der Waals surface area contributed by atoms with Crippen LogP contribution in [-0.4, -0.2) is 16.6 Å². The number of aryl methyl sites for hydroxylation is 1. The maximum absolute atomic E-state index is 5.77. The van der Waals surface area contributed by atoms with E-state index < -0.39 is 0 Å². The number of ether oxygens (including phenoxy) is 1. The Morgan fingerprint density at radius 1 is 1.33 bits per heavy atom. The average molecular weight is 284 g/mol. The first-order chi connectivity index (χ1) is 10.0. The predicted octanol–water partition coefficient (Wildman–Crippen LogP) is 3.46. The number of allylic oxidation sites excluding steroid dienone is 1. The normalized spacial score (nSPS) is 10.0. The van der Waals surface area contributed by atoms with Crippen molar-refractivity contribution in [1.29, 1.82) is 0 Å². The number of nitrogen functional groups attached to an aromatic ring is 1. The van der Waals surface area contributed by atoms with Crippen LogP contribution in [0, 0.1) is 6.92 Å². The summed E-state index contributed by atoms with van der Waals surface area (Å²) in [5.74, 6) is 1.73. The van der Waals surface area contributed by atoms with Crippen LogP contribution < -0.4 is 15.8 Å². The summed E-state index contributed by atoms with van der Waals surface area (Å²) in [6.07, 6.45) is 3.66. The van der Waals surface area contributed by atoms with Crippen molar-refractivity contribution >= 4 is 17.5 Å². The molecule has 110 valence electrons. The molecule has 0 aliphatic heterocycles. The molecule has 21 heavy (non-hydrogen) atoms. The van der Waals surface area contributed by atoms with Crippen LogP contribution in [0.15, 0.2) is 42.1 Å². The summed E-state index contributed by atoms with van der Waals surface area (Å²) < 4.78 is 5.77. The zero-order chi connectivity index (χ0) is 15.2. The monoisotopic (exact) mass is 284 g/mol. The van der Waals surface area contributed by atoms with E-state index in [9.17, 15) is 0 Å². The highest BCUT2D eigenvalue weighted by Gasteiger charge is 2.03. The Hall–Kier alpha value is -2.56. The van der Waals surface area contributed by atoms with Gasteiger partial charge in [-0.2, -0.15) is 4.98 Å². The lowest BCUT2D eigenvalue weighted by Gasteiger charge is -2.11. The summed E-state index contributed by atoms with van der Waals surface area (Å²) >= 11 is 0. The van der Waals surface area contributed by atoms with Gasteiger partial charge in [0.2, 0.25) is 5.95 Å². The Morgan fingerprint density at radius 3 is 2.86 bits per heavy atom. The molecule has 1 aromatic carbocycles. The average Bonchev–Trinajstić information content (AvgIpc) is 2.42. The fourth-order valence-corrected chi connectivity index (χ4v) is 1.69. The Labute approximate surface area is 124 Å². The standard InChI is InChI=1S/C16H20N4O/c1-11(2)7-9-21-14-10-13(5-4-12(14)3)19-16-18-8-6-15(17)20-16/h4-8,10H,9H2,1-3H3,(H3,17,18,19,20). The van der Waals surface area contributed by atoms with Crippen LogP contribution in [0.2, 0.25) is 0 Å². The summed E-state index contributed by atoms with van der Waals surface area (Å²) in [6.45, 7) is 6.66. The van der Waals surface area contributed by atoms with Crippen molar-refractivity contribution in [2.24, 2.45) is 0 Å². The number of benzene rings is 1. The molecule has 0 unspecified atom stereocenters. The Balaban J connectivity index is 2.12. The molecule has 1 aromatic heterocycles. The second-order valence-corrected chi connectivity index (χ2v) is 5.00. The van der Waals surface area contributed by atoms with Crippen LogP contribution in [0.25, 0.3) is 0 Å². The minimum Gasteiger partial charge on any atom is -0.489 e. The lowest BCUT2D eigenvalue weighted by molar-refractivity contribution is 0.359. The maximum atomic E-state index is 5.77. The molecule has 5 heteroatoms. The summed E-state index contributed by atoms with van der Waals surface area (Å²) in [4.78, 5) is 8.23. The first-order valence-corrected chi connectivity index (χ1v) is 6.77. The molecule has 2 rings (SSSR count). The van der Waals surface area contributed by atoms with Gasteiger partial charge in [0.1, 0.15) is 18.2 Å². The minimum absolute atomic E-state index is 0.430. The molecular weight excluding hydrogens is 264 g/mol. The van der Waals surface area contributed by atoms with Crippen molar-refractivity contribution in [3.05, 3.63) is 47.7 Å². The van der Waals surface area contributed by atoms with Crippen LogP contribution in [0.5, 0.6) is 5.75 Å². The van der Waals surface area contributed by atoms with Crippen molar-refractivity contribution in [3.8, 4) is 5.75 Å². The van der Waals surface area contributed by atoms with Gasteiger partial charge < -0.3 is 15.8 Å². The third kappa shape index (κ3) is 4.49. The number of anilines is 3. The summed E-state index contributed by atoms with van der Waals surface area (Å²) in [5.41, 5.74) is 8.81. The molecule has 0 atom stereocenters. The molecule has 0 aliphatic carbocycles. The largest absolute Gasteiger partial charge is 0.489 e. The van der Waals surface area contributed by atoms with Crippen molar-refractivity contribution in [2.75, 3.05) is 17.7 Å². The highest BCUT2D eigenvalue weighted by molar-refractivity contribution is 5.58. The lowest BCUT2D eigenvalue weighted by atomic mass is 10.2. The zero-order valence-electron chi connectivity index (χ0n) is 12.6. The molecule has 1 heterocycles. The van der Waals surface area contributed by atoms with Gasteiger partial charge in [0.25, 0.3) is 0 Å². The van der Waals surface area contributed by atoms with Gasteiger partial charge in [-0.15, -0.1) is 0 Å². The molecule has 0 amide bonds. The SMILES string of the molecule is CC(C)=CCOc1cc(Nc2nccc(N)n2)ccc1C. The number of hydrogen-bond donors (Lipinski definition) is 2. The van der Waals surface area contributed by atoms with Crippen LogP contribution in [0.4, 0.5) is 17.5 Å². The smallest absolute Gasteiger partial charge is 0.229 e. The van der Waals surface area contributed by atoms with E-state index in [1.54, 1.807) is 12.3 Å². The number of rotatable bonds is 5. The first-order valence-electron chi connectivity index (χ1n) is 6.77. The Kier molecular flexibility index (Phi) is 4.77. The van der Waals surface area contributed by atoms with E-state index >= 15 is 0 Å². The number of aromatic nitrogens is 2. The Morgan fingerprint density at radius 2 is 2.14 bits per heavy atom. The molecule has 0 radical (unpaired) electrons. The fraction of sp³-hybridized carbons (Fsp3) is 0.250. The molecule has 2 aromatic rings. The molecule has 0 spiro atoms. The maximum Gasteiger partial charge on any atom is 0.229 e. The van der Waals surface area contributed by atoms with Gasteiger partial charge in [0.05, 0.1) is 0 Å². The van der Waals surface area contributed by atoms with Crippen molar-refractivity contribution in [2.45, 2.75) is 20.8 Å². The van der Waals surface area contributed by atoms with Gasteiger partial charge in [-0.3, -0.25) is 0 Å². The van der Waals surface area contributed by atoms with Gasteiger partial charge >= 0.3 is 0 Å². The van der Waals surface area contributed by atoms with Gasteiger partial charge in [0, 0.05) is 18.0 Å². The molecule has 0 saturated carbocycles. The topological polar surface area (TPSA) is 73.1 Å². The van der Waals surface area contributed by atoms with E-state index in [1.807, 2.05) is 45.0 Å². The second kappa shape index (κ2) is 6.74. The van der Waals surface area contributed by atoms with E-state index in [4.69, 9.17) is 10.5 Å². The number of nitrogens with zero attached hydrogens (tertiary/aromatic N) is 2. The third-order valence-corrected chi connectivity index (χ3v) is 2.85. The highest BCUT2D eigenvalue weighted by Crippen LogP contribution is 2.24. The number of nitrogens with one attached hydrogen (secondary N) is 1. The molecule has 3 N–H and O–H groups in total. The van der Waals surface area contributed by atoms with Crippen LogP contribution in [-0.2, 0) is 0 Å². The van der Waals surface area contributed by atoms with Crippen LogP contribution in [0.3, 0.4) is 0 Å². The van der Waals surface area contributed by atoms with E-state index in [-0.39, 0.29) is 0 Å². The van der Waals surface area contributed by atoms with Crippen molar-refractivity contribution < 1.29 is 4.74 Å². The van der Waals surface area contributed by atoms with E-state index in [2.05, 4.69) is 15.3 Å². The zero-order valence-corrected chi connectivity index (χ0v) is 12.6. The summed E-state index contributed by atoms with van der Waals surface area (Å²) in [6, 6.07) is 7.52. The molecule has 0 aliphatic rings. The van der Waals surface area contributed by atoms with E-state index in [0.717, 1.165) is 17.0 Å². The minimum atomic E-state index is 0.430. The van der Waals surface area contributed by atoms with Gasteiger partial charge in [-0.1, -0.05) is 11.6 Å². The van der Waals surface area contributed by atoms with E-state index in [0.29, 0.717) is 18.4 Å². The molecule has 0 saturated heterocycles. The van der Waals surface area contributed by atoms with Crippen molar-refractivity contribution in [1.82, 2.24) is 9.97 Å². The van der Waals surface area contributed by atoms with E-state index in [1.165, 1.54) is 5.57 Å². The predicted molar refractivity (Wildman–Crippen MR) is 85.8 cm³/mol. The summed E-state index contributed by atoms with van der Waals surface area (Å²) in [7, 11) is 0. The highest BCUT2D eigenvalue weighted by atomic mass is 16.5. The summed E-state index contributed by atoms with van der Waals surface area (Å²) in [5, 5.41) is 3.11. The van der Waals surface area contributed by atoms with Crippen molar-refractivity contribution in [3.63, 3.8) is 0 Å². The Bertz CT molecular complexity index is 648. The second-order valence-electron chi connectivity index (χ2n) is 5.00. The quantitative estimate of drug-likeness (QED) is 0.823. The molecular formula is C16H20N4O. The molecule has 5 nitrogen and oxygen atoms in total. The van der Waals surface area contributed by atoms with Gasteiger partial charge in [-0.25, -0.2) is 4.98 Å². The van der Waals surface area contributed by atoms with Crippen LogP contribution in [0.1, 0.15) is 19.4 Å². The van der Waals surface area contributed by atoms with Gasteiger partial charge in [-0.05, 0) is 44.5 Å². The first kappa shape index (κ1) is 14.8. The number of nitrogens with two attached hydrogens (primary N) is 1. The number of hydrogen-bond acceptors (Lipinski definition) is 5. The molecule has 0 fully saturated rings. The third-order valence-electron chi connectivity index (χ3n) is 2.85. The fourth-order valence-electron chi connectivity index (χ4n) is 1.69. The molecule has 0 bridgehead atoms. The van der Waals surface area contributed by atoms with Crippen LogP contribution >= 0.6 is 0 Å². The van der Waals surface area contributed by atoms with Gasteiger partial charge in [0.15, 0.2) is 0 Å².